The highest BCUT2D eigenvalue weighted by Gasteiger charge is 2.28. The molecule has 1 fully saturated rings. The van der Waals surface area contributed by atoms with Crippen molar-refractivity contribution in [3.63, 3.8) is 0 Å². The van der Waals surface area contributed by atoms with E-state index in [2.05, 4.69) is 5.32 Å². The Morgan fingerprint density at radius 2 is 1.87 bits per heavy atom. The molecule has 3 heterocycles. The van der Waals surface area contributed by atoms with E-state index in [-0.39, 0.29) is 43.7 Å². The van der Waals surface area contributed by atoms with Crippen LogP contribution in [0.2, 0.25) is 0 Å². The summed E-state index contributed by atoms with van der Waals surface area (Å²) in [6.07, 6.45) is 5.56. The van der Waals surface area contributed by atoms with Crippen LogP contribution in [0.3, 0.4) is 0 Å². The zero-order valence-corrected chi connectivity index (χ0v) is 17.0. The second kappa shape index (κ2) is 8.87. The van der Waals surface area contributed by atoms with Crippen molar-refractivity contribution < 1.29 is 14.4 Å². The highest BCUT2D eigenvalue weighted by molar-refractivity contribution is 7.13. The molecule has 3 amide bonds. The predicted octanol–water partition coefficient (Wildman–Crippen LogP) is 2.88. The number of imide groups is 1. The van der Waals surface area contributed by atoms with Crippen molar-refractivity contribution in [3.8, 4) is 16.3 Å². The number of para-hydroxylation sites is 1. The number of hydrogen-bond acceptors (Lipinski definition) is 5. The number of carbonyl (C=O) groups excluding carboxylic acids is 3. The maximum Gasteiger partial charge on any atom is 0.244 e. The topological polar surface area (TPSA) is 84.3 Å². The van der Waals surface area contributed by atoms with Crippen LogP contribution in [0.1, 0.15) is 18.4 Å². The van der Waals surface area contributed by atoms with E-state index in [1.54, 1.807) is 22.1 Å². The third kappa shape index (κ3) is 4.38. The van der Waals surface area contributed by atoms with Gasteiger partial charge in [-0.1, -0.05) is 24.3 Å². The van der Waals surface area contributed by atoms with Gasteiger partial charge in [0.2, 0.25) is 17.7 Å². The van der Waals surface area contributed by atoms with Gasteiger partial charge in [0.05, 0.1) is 10.6 Å². The van der Waals surface area contributed by atoms with Crippen molar-refractivity contribution in [1.82, 2.24) is 20.0 Å². The summed E-state index contributed by atoms with van der Waals surface area (Å²) in [6, 6.07) is 13.7. The van der Waals surface area contributed by atoms with Gasteiger partial charge in [-0.3, -0.25) is 19.3 Å². The maximum atomic E-state index is 12.2. The second-order valence-electron chi connectivity index (χ2n) is 6.75. The van der Waals surface area contributed by atoms with Crippen LogP contribution in [0, 0.1) is 0 Å². The largest absolute Gasteiger partial charge is 0.351 e. The minimum Gasteiger partial charge on any atom is -0.351 e. The Morgan fingerprint density at radius 3 is 2.57 bits per heavy atom. The summed E-state index contributed by atoms with van der Waals surface area (Å²) < 4.78 is 1.79. The summed E-state index contributed by atoms with van der Waals surface area (Å²) in [5.74, 6) is -0.656. The lowest BCUT2D eigenvalue weighted by Gasteiger charge is -2.13. The first-order valence-corrected chi connectivity index (χ1v) is 10.5. The van der Waals surface area contributed by atoms with E-state index in [0.717, 1.165) is 21.8 Å². The first kappa shape index (κ1) is 19.8. The molecule has 152 valence electrons. The molecule has 2 aromatic heterocycles. The summed E-state index contributed by atoms with van der Waals surface area (Å²) in [5, 5.41) is 9.40. The SMILES string of the molecule is O=C(C=Cc1cn(-c2ccccc2)nc1-c1cccs1)NCCN1C(=O)CCC1=O. The second-order valence-corrected chi connectivity index (χ2v) is 7.70. The molecule has 7 nitrogen and oxygen atoms in total. The number of nitrogens with one attached hydrogen (secondary N) is 1. The highest BCUT2D eigenvalue weighted by Crippen LogP contribution is 2.28. The Kier molecular flexibility index (Phi) is 5.85. The van der Waals surface area contributed by atoms with E-state index in [0.29, 0.717) is 0 Å². The van der Waals surface area contributed by atoms with Gasteiger partial charge in [-0.2, -0.15) is 5.10 Å². The smallest absolute Gasteiger partial charge is 0.244 e. The van der Waals surface area contributed by atoms with Gasteiger partial charge in [0, 0.05) is 43.8 Å². The van der Waals surface area contributed by atoms with E-state index in [1.165, 1.54) is 11.0 Å². The van der Waals surface area contributed by atoms with Gasteiger partial charge in [0.1, 0.15) is 5.69 Å². The molecule has 0 aliphatic carbocycles. The van der Waals surface area contributed by atoms with Crippen LogP contribution in [0.25, 0.3) is 22.3 Å². The monoisotopic (exact) mass is 420 g/mol. The molecule has 3 aromatic rings. The number of carbonyl (C=O) groups is 3. The minimum absolute atomic E-state index is 0.182. The average Bonchev–Trinajstić information content (AvgIpc) is 3.49. The van der Waals surface area contributed by atoms with Crippen molar-refractivity contribution in [2.75, 3.05) is 13.1 Å². The normalized spacial score (nSPS) is 14.1. The highest BCUT2D eigenvalue weighted by atomic mass is 32.1. The number of rotatable bonds is 7. The van der Waals surface area contributed by atoms with Crippen molar-refractivity contribution in [2.24, 2.45) is 0 Å². The van der Waals surface area contributed by atoms with Gasteiger partial charge in [0.25, 0.3) is 0 Å². The molecule has 0 saturated carbocycles. The maximum absolute atomic E-state index is 12.2. The lowest BCUT2D eigenvalue weighted by molar-refractivity contribution is -0.138. The van der Waals surface area contributed by atoms with Gasteiger partial charge >= 0.3 is 0 Å². The molecule has 8 heteroatoms. The summed E-state index contributed by atoms with van der Waals surface area (Å²) in [4.78, 5) is 37.6. The summed E-state index contributed by atoms with van der Waals surface area (Å²) in [7, 11) is 0. The number of likely N-dealkylation sites (tertiary alicyclic amines) is 1. The van der Waals surface area contributed by atoms with Crippen molar-refractivity contribution >= 4 is 35.1 Å². The zero-order valence-electron chi connectivity index (χ0n) is 16.2. The number of thiophene rings is 1. The van der Waals surface area contributed by atoms with Crippen molar-refractivity contribution in [3.05, 3.63) is 65.7 Å². The quantitative estimate of drug-likeness (QED) is 0.471. The molecule has 1 N–H and O–H groups in total. The van der Waals surface area contributed by atoms with Gasteiger partial charge in [0.15, 0.2) is 0 Å². The fraction of sp³-hybridized carbons (Fsp3) is 0.182. The van der Waals surface area contributed by atoms with Gasteiger partial charge in [-0.15, -0.1) is 11.3 Å². The van der Waals surface area contributed by atoms with Gasteiger partial charge < -0.3 is 5.32 Å². The molecule has 4 rings (SSSR count). The summed E-state index contributed by atoms with van der Waals surface area (Å²) in [6.45, 7) is 0.422. The van der Waals surface area contributed by atoms with Crippen molar-refractivity contribution in [1.29, 1.82) is 0 Å². The Morgan fingerprint density at radius 1 is 1.10 bits per heavy atom. The molecule has 0 radical (unpaired) electrons. The molecular weight excluding hydrogens is 400 g/mol. The lowest BCUT2D eigenvalue weighted by atomic mass is 10.2. The first-order valence-electron chi connectivity index (χ1n) is 9.60. The fourth-order valence-electron chi connectivity index (χ4n) is 3.21. The predicted molar refractivity (Wildman–Crippen MR) is 115 cm³/mol. The van der Waals surface area contributed by atoms with E-state index < -0.39 is 0 Å². The van der Waals surface area contributed by atoms with Crippen LogP contribution in [0.5, 0.6) is 0 Å². The average molecular weight is 420 g/mol. The van der Waals surface area contributed by atoms with Gasteiger partial charge in [-0.25, -0.2) is 4.68 Å². The summed E-state index contributed by atoms with van der Waals surface area (Å²) in [5.41, 5.74) is 2.55. The van der Waals surface area contributed by atoms with Crippen LogP contribution in [0.15, 0.2) is 60.1 Å². The number of benzene rings is 1. The molecule has 0 bridgehead atoms. The molecule has 0 spiro atoms. The number of aromatic nitrogens is 2. The Balaban J connectivity index is 1.45. The minimum atomic E-state index is -0.293. The van der Waals surface area contributed by atoms with Crippen LogP contribution >= 0.6 is 11.3 Å². The zero-order chi connectivity index (χ0) is 20.9. The van der Waals surface area contributed by atoms with Gasteiger partial charge in [-0.05, 0) is 29.7 Å². The molecule has 30 heavy (non-hydrogen) atoms. The Bertz CT molecular complexity index is 1070. The lowest BCUT2D eigenvalue weighted by Crippen LogP contribution is -2.37. The number of nitrogens with zero attached hydrogens (tertiary/aromatic N) is 3. The molecular formula is C22H20N4O3S. The fourth-order valence-corrected chi connectivity index (χ4v) is 3.95. The summed E-state index contributed by atoms with van der Waals surface area (Å²) >= 11 is 1.58. The molecule has 1 aliphatic rings. The number of amides is 3. The Labute approximate surface area is 177 Å². The molecule has 1 aromatic carbocycles. The molecule has 0 atom stereocenters. The van der Waals surface area contributed by atoms with Crippen LogP contribution in [-0.2, 0) is 14.4 Å². The van der Waals surface area contributed by atoms with E-state index in [9.17, 15) is 14.4 Å². The van der Waals surface area contributed by atoms with Crippen LogP contribution < -0.4 is 5.32 Å². The van der Waals surface area contributed by atoms with Crippen LogP contribution in [0.4, 0.5) is 0 Å². The van der Waals surface area contributed by atoms with E-state index >= 15 is 0 Å². The first-order chi connectivity index (χ1) is 14.6. The third-order valence-electron chi connectivity index (χ3n) is 4.72. The molecule has 0 unspecified atom stereocenters. The molecule has 1 aliphatic heterocycles. The third-order valence-corrected chi connectivity index (χ3v) is 5.60. The number of hydrogen-bond donors (Lipinski definition) is 1. The van der Waals surface area contributed by atoms with E-state index in [4.69, 9.17) is 5.10 Å². The van der Waals surface area contributed by atoms with Crippen molar-refractivity contribution in [2.45, 2.75) is 12.8 Å². The van der Waals surface area contributed by atoms with Crippen LogP contribution in [-0.4, -0.2) is 45.5 Å². The standard InChI is InChI=1S/C22H20N4O3S/c27-19(23-12-13-25-20(28)10-11-21(25)29)9-8-16-15-26(17-5-2-1-3-6-17)24-22(16)18-7-4-14-30-18/h1-9,14-15H,10-13H2,(H,23,27). The van der Waals surface area contributed by atoms with E-state index in [1.807, 2.05) is 54.0 Å². The molecule has 1 saturated heterocycles. The Hall–Kier alpha value is -3.52.